The number of hydrogen-bond acceptors (Lipinski definition) is 0. The summed E-state index contributed by atoms with van der Waals surface area (Å²) in [6, 6.07) is 66.7. The van der Waals surface area contributed by atoms with Crippen LogP contribution in [0.1, 0.15) is 0 Å². The van der Waals surface area contributed by atoms with Gasteiger partial charge in [0.2, 0.25) is 0 Å². The highest BCUT2D eigenvalue weighted by molar-refractivity contribution is 6.28. The van der Waals surface area contributed by atoms with Gasteiger partial charge < -0.3 is 17.3 Å². The number of nitrogens with zero attached hydrogens (tertiary/aromatic N) is 4. The van der Waals surface area contributed by atoms with Crippen LogP contribution in [0, 0.1) is 0 Å². The van der Waals surface area contributed by atoms with Crippen molar-refractivity contribution in [2.45, 2.75) is 0 Å². The molecule has 4 nitrogen and oxygen atoms in total. The molecule has 0 atom stereocenters. The lowest BCUT2D eigenvalue weighted by Gasteiger charge is -2.10. The highest BCUT2D eigenvalue weighted by Crippen LogP contribution is 2.43. The number of hydrogen-bond donors (Lipinski definition) is 0. The van der Waals surface area contributed by atoms with Crippen LogP contribution in [-0.4, -0.2) is 33.8 Å². The van der Waals surface area contributed by atoms with Crippen molar-refractivity contribution in [3.8, 4) is 28.2 Å². The minimum Gasteiger partial charge on any atom is -0.440 e. The van der Waals surface area contributed by atoms with Gasteiger partial charge >= 0.3 is 16.5 Å². The molecule has 0 saturated heterocycles. The molecule has 0 aliphatic heterocycles. The maximum Gasteiger partial charge on any atom is 0.370 e. The Morgan fingerprint density at radius 3 is 1.56 bits per heavy atom. The number of para-hydroxylation sites is 4. The summed E-state index contributed by atoms with van der Waals surface area (Å²) in [6.45, 7) is 0. The van der Waals surface area contributed by atoms with E-state index in [-0.39, 0.29) is 0 Å². The summed E-state index contributed by atoms with van der Waals surface area (Å²) in [5.74, 6) is 0. The predicted octanol–water partition coefficient (Wildman–Crippen LogP) is 12.0. The maximum atomic E-state index is 2.50. The van der Waals surface area contributed by atoms with Crippen molar-refractivity contribution in [1.29, 1.82) is 0 Å². The van der Waals surface area contributed by atoms with E-state index in [1.54, 1.807) is 0 Å². The second kappa shape index (κ2) is 11.6. The Kier molecular flexibility index (Phi) is 6.48. The number of benzene rings is 8. The first-order valence-corrected chi connectivity index (χ1v) is 19.8. The molecule has 12 rings (SSSR count). The lowest BCUT2D eigenvalue weighted by atomic mass is 10.00. The monoisotopic (exact) mass is 716 g/mol. The molecule has 0 radical (unpaired) electrons. The van der Waals surface area contributed by atoms with Crippen LogP contribution in [0.4, 0.5) is 0 Å². The van der Waals surface area contributed by atoms with Gasteiger partial charge in [-0.2, -0.15) is 0 Å². The van der Waals surface area contributed by atoms with Gasteiger partial charge in [0.15, 0.2) is 0 Å². The van der Waals surface area contributed by atoms with E-state index in [0.717, 1.165) is 22.2 Å². The number of fused-ring (bicyclic) bond motifs is 12. The SMILES string of the molecule is [AlH2][n]1c2ccc(-c3ccc4c(c3)c3ccc5c(c6ccccc6n5-c5ccccc5)c3n4-c3ccccc3)cc2c2ccc3c(ccn3-c3ccccc3)c21. The molecule has 0 unspecified atom stereocenters. The third-order valence-corrected chi connectivity index (χ3v) is 12.7. The highest BCUT2D eigenvalue weighted by Gasteiger charge is 2.21. The largest absolute Gasteiger partial charge is 0.440 e. The Morgan fingerprint density at radius 2 is 0.855 bits per heavy atom. The minimum atomic E-state index is 0.892. The summed E-state index contributed by atoms with van der Waals surface area (Å²) in [6.07, 6.45) is 2.21. The zero-order valence-corrected chi connectivity index (χ0v) is 32.2. The summed E-state index contributed by atoms with van der Waals surface area (Å²) in [7, 11) is 0. The van der Waals surface area contributed by atoms with Crippen LogP contribution in [0.3, 0.4) is 0 Å². The van der Waals surface area contributed by atoms with E-state index in [2.05, 4.69) is 205 Å². The normalized spacial score (nSPS) is 12.1. The molecule has 0 aliphatic carbocycles. The van der Waals surface area contributed by atoms with Gasteiger partial charge in [-0.15, -0.1) is 0 Å². The molecule has 5 heteroatoms. The molecule has 256 valence electrons. The lowest BCUT2D eigenvalue weighted by Crippen LogP contribution is -1.95. The Balaban J connectivity index is 1.10. The molecule has 55 heavy (non-hydrogen) atoms. The van der Waals surface area contributed by atoms with E-state index in [9.17, 15) is 0 Å². The van der Waals surface area contributed by atoms with Gasteiger partial charge in [-0.3, -0.25) is 0 Å². The summed E-state index contributed by atoms with van der Waals surface area (Å²) >= 11 is 0.892. The van der Waals surface area contributed by atoms with Crippen molar-refractivity contribution in [2.75, 3.05) is 0 Å². The van der Waals surface area contributed by atoms with Gasteiger partial charge in [-0.25, -0.2) is 0 Å². The number of aromatic nitrogens is 4. The van der Waals surface area contributed by atoms with Crippen LogP contribution in [0.2, 0.25) is 0 Å². The molecule has 0 aliphatic rings. The third kappa shape index (κ3) is 4.34. The molecular weight excluding hydrogens is 684 g/mol. The van der Waals surface area contributed by atoms with Crippen LogP contribution >= 0.6 is 0 Å². The average Bonchev–Trinajstić information content (AvgIpc) is 3.99. The second-order valence-electron chi connectivity index (χ2n) is 14.7. The fourth-order valence-electron chi connectivity index (χ4n) is 9.38. The van der Waals surface area contributed by atoms with Crippen LogP contribution < -0.4 is 0 Å². The fourth-order valence-corrected chi connectivity index (χ4v) is 10.2. The Labute approximate surface area is 324 Å². The van der Waals surface area contributed by atoms with Crippen LogP contribution in [0.25, 0.3) is 105 Å². The molecule has 0 fully saturated rings. The molecule has 4 aromatic heterocycles. The molecule has 12 aromatic rings. The minimum absolute atomic E-state index is 0.892. The van der Waals surface area contributed by atoms with E-state index in [1.807, 2.05) is 0 Å². The van der Waals surface area contributed by atoms with Gasteiger partial charge in [0.1, 0.15) is 0 Å². The Hall–Kier alpha value is -6.77. The van der Waals surface area contributed by atoms with Crippen LogP contribution in [-0.2, 0) is 0 Å². The van der Waals surface area contributed by atoms with Crippen molar-refractivity contribution < 1.29 is 0 Å². The predicted molar refractivity (Wildman–Crippen MR) is 234 cm³/mol. The lowest BCUT2D eigenvalue weighted by molar-refractivity contribution is 1.13. The molecule has 0 N–H and O–H groups in total. The summed E-state index contributed by atoms with van der Waals surface area (Å²) < 4.78 is 9.69. The van der Waals surface area contributed by atoms with Crippen molar-refractivity contribution in [3.63, 3.8) is 0 Å². The maximum absolute atomic E-state index is 2.50. The van der Waals surface area contributed by atoms with E-state index in [4.69, 9.17) is 0 Å². The standard InChI is InChI=1S/C50H31N4.Al.2H/c1-4-12-34(13-5-1)52-29-28-40-44(52)26-22-37-41-30-32(20-24-43(41)51-49(37)40)33-21-25-46-42(31-33)38-23-27-47-48(50(38)54(46)36-16-8-3-9-17-36)39-18-10-11-19-45(39)53(47)35-14-6-2-7-15-35;;;/h1-31H;;;/q-1;+1;;. The van der Waals surface area contributed by atoms with Gasteiger partial charge in [0.05, 0.1) is 27.6 Å². The first-order chi connectivity index (χ1) is 27.2. The molecule has 8 aromatic carbocycles. The van der Waals surface area contributed by atoms with Gasteiger partial charge in [0, 0.05) is 72.0 Å². The van der Waals surface area contributed by atoms with E-state index in [0.29, 0.717) is 0 Å². The van der Waals surface area contributed by atoms with Gasteiger partial charge in [0.25, 0.3) is 0 Å². The van der Waals surface area contributed by atoms with E-state index >= 15 is 0 Å². The Morgan fingerprint density at radius 1 is 0.327 bits per heavy atom. The quantitative estimate of drug-likeness (QED) is 0.162. The van der Waals surface area contributed by atoms with Gasteiger partial charge in [-0.1, -0.05) is 97.1 Å². The fraction of sp³-hybridized carbons (Fsp3) is 0. The first-order valence-electron chi connectivity index (χ1n) is 18.9. The zero-order chi connectivity index (χ0) is 36.2. The number of rotatable bonds is 4. The Bertz CT molecular complexity index is 3480. The van der Waals surface area contributed by atoms with Crippen molar-refractivity contribution in [2.24, 2.45) is 0 Å². The van der Waals surface area contributed by atoms with Crippen molar-refractivity contribution in [3.05, 3.63) is 188 Å². The van der Waals surface area contributed by atoms with E-state index < -0.39 is 0 Å². The smallest absolute Gasteiger partial charge is 0.370 e. The molecule has 0 amide bonds. The summed E-state index contributed by atoms with van der Waals surface area (Å²) in [5, 5.41) is 8.95. The molecule has 0 saturated carbocycles. The third-order valence-electron chi connectivity index (χ3n) is 11.8. The first kappa shape index (κ1) is 30.7. The van der Waals surface area contributed by atoms with Crippen molar-refractivity contribution >= 4 is 92.8 Å². The van der Waals surface area contributed by atoms with Crippen LogP contribution in [0.15, 0.2) is 188 Å². The molecule has 0 bridgehead atoms. The van der Waals surface area contributed by atoms with E-state index in [1.165, 1.54) is 98.8 Å². The zero-order valence-electron chi connectivity index (χ0n) is 30.2. The summed E-state index contributed by atoms with van der Waals surface area (Å²) in [5.41, 5.74) is 14.7. The molecular formula is C50H33AlN4. The molecule has 4 heterocycles. The highest BCUT2D eigenvalue weighted by atomic mass is 27.1. The van der Waals surface area contributed by atoms with Crippen molar-refractivity contribution in [1.82, 2.24) is 17.3 Å². The molecule has 0 spiro atoms. The summed E-state index contributed by atoms with van der Waals surface area (Å²) in [4.78, 5) is 0. The van der Waals surface area contributed by atoms with Gasteiger partial charge in [-0.05, 0) is 96.1 Å². The average molecular weight is 717 g/mol. The topological polar surface area (TPSA) is 19.7 Å². The second-order valence-corrected chi connectivity index (χ2v) is 15.5. The van der Waals surface area contributed by atoms with Crippen LogP contribution in [0.5, 0.6) is 0 Å².